The summed E-state index contributed by atoms with van der Waals surface area (Å²) in [5, 5.41) is 7.16. The summed E-state index contributed by atoms with van der Waals surface area (Å²) in [6, 6.07) is 2.63. The van der Waals surface area contributed by atoms with Crippen molar-refractivity contribution in [2.45, 2.75) is 45.2 Å². The number of halogens is 1. The van der Waals surface area contributed by atoms with E-state index in [2.05, 4.69) is 15.4 Å². The van der Waals surface area contributed by atoms with Gasteiger partial charge < -0.3 is 10.2 Å². The van der Waals surface area contributed by atoms with E-state index >= 15 is 0 Å². The molecule has 3 rings (SSSR count). The number of rotatable bonds is 5. The molecule has 0 aromatic carbocycles. The summed E-state index contributed by atoms with van der Waals surface area (Å²) in [6.07, 6.45) is 5.23. The molecule has 2 aromatic rings. The summed E-state index contributed by atoms with van der Waals surface area (Å²) in [4.78, 5) is 30.8. The van der Waals surface area contributed by atoms with Crippen LogP contribution in [0.5, 0.6) is 0 Å². The van der Waals surface area contributed by atoms with Crippen molar-refractivity contribution < 1.29 is 14.0 Å². The Kier molecular flexibility index (Phi) is 5.49. The average Bonchev–Trinajstić information content (AvgIpc) is 3.17. The SMILES string of the molecule is Cn1cc([C@H]2[C@H](CNC(=O)Cc3ccc(F)cn3)CC(=O)N2C(C)(C)C)cn1. The fourth-order valence-corrected chi connectivity index (χ4v) is 3.77. The third-order valence-corrected chi connectivity index (χ3v) is 4.91. The zero-order valence-corrected chi connectivity index (χ0v) is 16.6. The van der Waals surface area contributed by atoms with Gasteiger partial charge in [0.05, 0.1) is 24.9 Å². The maximum Gasteiger partial charge on any atom is 0.226 e. The number of amides is 2. The highest BCUT2D eigenvalue weighted by molar-refractivity contribution is 5.81. The summed E-state index contributed by atoms with van der Waals surface area (Å²) < 4.78 is 14.7. The molecular formula is C20H26FN5O2. The van der Waals surface area contributed by atoms with Gasteiger partial charge >= 0.3 is 0 Å². The van der Waals surface area contributed by atoms with Gasteiger partial charge in [-0.1, -0.05) is 0 Å². The lowest BCUT2D eigenvalue weighted by molar-refractivity contribution is -0.133. The smallest absolute Gasteiger partial charge is 0.226 e. The van der Waals surface area contributed by atoms with Crippen molar-refractivity contribution in [2.75, 3.05) is 6.54 Å². The van der Waals surface area contributed by atoms with Gasteiger partial charge in [-0.15, -0.1) is 0 Å². The number of pyridine rings is 1. The molecule has 1 saturated heterocycles. The first-order valence-electron chi connectivity index (χ1n) is 9.33. The van der Waals surface area contributed by atoms with Crippen molar-refractivity contribution in [2.24, 2.45) is 13.0 Å². The molecule has 150 valence electrons. The summed E-state index contributed by atoms with van der Waals surface area (Å²) in [6.45, 7) is 6.40. The molecule has 0 spiro atoms. The maximum atomic E-state index is 12.9. The van der Waals surface area contributed by atoms with E-state index < -0.39 is 5.82 Å². The summed E-state index contributed by atoms with van der Waals surface area (Å²) in [5.41, 5.74) is 1.12. The second-order valence-corrected chi connectivity index (χ2v) is 8.24. The van der Waals surface area contributed by atoms with Crippen LogP contribution in [-0.2, 0) is 23.1 Å². The van der Waals surface area contributed by atoms with Crippen LogP contribution >= 0.6 is 0 Å². The Hall–Kier alpha value is -2.77. The number of nitrogens with zero attached hydrogens (tertiary/aromatic N) is 4. The molecule has 3 heterocycles. The van der Waals surface area contributed by atoms with E-state index in [1.165, 1.54) is 12.1 Å². The van der Waals surface area contributed by atoms with Crippen LogP contribution < -0.4 is 5.32 Å². The van der Waals surface area contributed by atoms with Crippen LogP contribution in [0.15, 0.2) is 30.7 Å². The molecule has 1 N–H and O–H groups in total. The van der Waals surface area contributed by atoms with Gasteiger partial charge in [-0.25, -0.2) is 4.39 Å². The molecule has 0 aliphatic carbocycles. The number of hydrogen-bond acceptors (Lipinski definition) is 4. The highest BCUT2D eigenvalue weighted by Gasteiger charge is 2.45. The van der Waals surface area contributed by atoms with Crippen LogP contribution in [0.2, 0.25) is 0 Å². The summed E-state index contributed by atoms with van der Waals surface area (Å²) in [7, 11) is 1.84. The lowest BCUT2D eigenvalue weighted by Gasteiger charge is -2.38. The molecule has 2 atom stereocenters. The molecule has 1 aliphatic heterocycles. The third kappa shape index (κ3) is 4.37. The fraction of sp³-hybridized carbons (Fsp3) is 0.500. The summed E-state index contributed by atoms with van der Waals surface area (Å²) in [5.74, 6) is -0.622. The average molecular weight is 387 g/mol. The summed E-state index contributed by atoms with van der Waals surface area (Å²) >= 11 is 0. The number of carbonyl (C=O) groups is 2. The lowest BCUT2D eigenvalue weighted by atomic mass is 9.93. The van der Waals surface area contributed by atoms with Crippen LogP contribution in [-0.4, -0.2) is 43.6 Å². The van der Waals surface area contributed by atoms with E-state index in [4.69, 9.17) is 0 Å². The second kappa shape index (κ2) is 7.69. The van der Waals surface area contributed by atoms with Gasteiger partial charge in [0.15, 0.2) is 0 Å². The van der Waals surface area contributed by atoms with Crippen molar-refractivity contribution in [3.63, 3.8) is 0 Å². The maximum absolute atomic E-state index is 12.9. The Morgan fingerprint density at radius 2 is 2.07 bits per heavy atom. The first-order valence-corrected chi connectivity index (χ1v) is 9.33. The van der Waals surface area contributed by atoms with Gasteiger partial charge in [-0.3, -0.25) is 19.3 Å². The van der Waals surface area contributed by atoms with Crippen LogP contribution in [0.25, 0.3) is 0 Å². The fourth-order valence-electron chi connectivity index (χ4n) is 3.77. The Balaban J connectivity index is 1.71. The Morgan fingerprint density at radius 3 is 2.64 bits per heavy atom. The van der Waals surface area contributed by atoms with Gasteiger partial charge in [-0.2, -0.15) is 5.10 Å². The van der Waals surface area contributed by atoms with Gasteiger partial charge in [-0.05, 0) is 32.9 Å². The van der Waals surface area contributed by atoms with Gasteiger partial charge in [0, 0.05) is 48.9 Å². The van der Waals surface area contributed by atoms with E-state index in [1.807, 2.05) is 38.9 Å². The van der Waals surface area contributed by atoms with Crippen LogP contribution in [0.3, 0.4) is 0 Å². The zero-order valence-electron chi connectivity index (χ0n) is 16.6. The van der Waals surface area contributed by atoms with E-state index in [1.54, 1.807) is 10.9 Å². The normalized spacial score (nSPS) is 19.9. The zero-order chi connectivity index (χ0) is 20.5. The number of hydrogen-bond donors (Lipinski definition) is 1. The van der Waals surface area contributed by atoms with Gasteiger partial charge in [0.1, 0.15) is 5.82 Å². The molecule has 0 unspecified atom stereocenters. The number of likely N-dealkylation sites (tertiary alicyclic amines) is 1. The molecular weight excluding hydrogens is 361 g/mol. The largest absolute Gasteiger partial charge is 0.355 e. The van der Waals surface area contributed by atoms with E-state index in [9.17, 15) is 14.0 Å². The van der Waals surface area contributed by atoms with Crippen LogP contribution in [0.4, 0.5) is 4.39 Å². The minimum Gasteiger partial charge on any atom is -0.355 e. The third-order valence-electron chi connectivity index (χ3n) is 4.91. The topological polar surface area (TPSA) is 80.1 Å². The van der Waals surface area contributed by atoms with Crippen molar-refractivity contribution >= 4 is 11.8 Å². The first kappa shape index (κ1) is 20.0. The van der Waals surface area contributed by atoms with E-state index in [0.29, 0.717) is 18.7 Å². The number of carbonyl (C=O) groups excluding carboxylic acids is 2. The minimum atomic E-state index is -0.435. The van der Waals surface area contributed by atoms with Crippen molar-refractivity contribution in [1.82, 2.24) is 25.0 Å². The molecule has 7 nitrogen and oxygen atoms in total. The van der Waals surface area contributed by atoms with Crippen molar-refractivity contribution in [1.29, 1.82) is 0 Å². The molecule has 1 aliphatic rings. The molecule has 0 saturated carbocycles. The lowest BCUT2D eigenvalue weighted by Crippen LogP contribution is -2.44. The number of aromatic nitrogens is 3. The minimum absolute atomic E-state index is 0.0546. The molecule has 0 bridgehead atoms. The predicted octanol–water partition coefficient (Wildman–Crippen LogP) is 2.00. The Bertz CT molecular complexity index is 856. The van der Waals surface area contributed by atoms with Gasteiger partial charge in [0.2, 0.25) is 11.8 Å². The molecule has 28 heavy (non-hydrogen) atoms. The Morgan fingerprint density at radius 1 is 1.32 bits per heavy atom. The molecule has 2 amide bonds. The second-order valence-electron chi connectivity index (χ2n) is 8.24. The Labute approximate surface area is 163 Å². The first-order chi connectivity index (χ1) is 13.1. The molecule has 8 heteroatoms. The molecule has 2 aromatic heterocycles. The van der Waals surface area contributed by atoms with Crippen molar-refractivity contribution in [3.05, 3.63) is 47.8 Å². The van der Waals surface area contributed by atoms with E-state index in [0.717, 1.165) is 11.8 Å². The van der Waals surface area contributed by atoms with Gasteiger partial charge in [0.25, 0.3) is 0 Å². The monoisotopic (exact) mass is 387 g/mol. The highest BCUT2D eigenvalue weighted by atomic mass is 19.1. The highest BCUT2D eigenvalue weighted by Crippen LogP contribution is 2.41. The molecule has 1 fully saturated rings. The quantitative estimate of drug-likeness (QED) is 0.851. The van der Waals surface area contributed by atoms with Crippen LogP contribution in [0, 0.1) is 11.7 Å². The van der Waals surface area contributed by atoms with Crippen LogP contribution in [0.1, 0.15) is 44.5 Å². The van der Waals surface area contributed by atoms with Crippen molar-refractivity contribution in [3.8, 4) is 0 Å². The van der Waals surface area contributed by atoms with E-state index in [-0.39, 0.29) is 35.7 Å². The predicted molar refractivity (Wildman–Crippen MR) is 102 cm³/mol. The number of aryl methyl sites for hydroxylation is 1. The molecule has 0 radical (unpaired) electrons. The number of nitrogens with one attached hydrogen (secondary N) is 1. The standard InChI is InChI=1S/C20H26FN5O2/c1-20(2,3)26-18(28)7-13(19(26)14-10-24-25(4)12-14)9-23-17(27)8-16-6-5-15(21)11-22-16/h5-6,10-13,19H,7-9H2,1-4H3,(H,23,27)/t13-,19+/m0/s1.